The fourth-order valence-corrected chi connectivity index (χ4v) is 4.13. The molecule has 6 nitrogen and oxygen atoms in total. The van der Waals surface area contributed by atoms with Crippen molar-refractivity contribution in [2.45, 2.75) is 38.1 Å². The summed E-state index contributed by atoms with van der Waals surface area (Å²) in [6.07, 6.45) is 4.44. The lowest BCUT2D eigenvalue weighted by Gasteiger charge is -2.40. The Morgan fingerprint density at radius 1 is 0.867 bits per heavy atom. The van der Waals surface area contributed by atoms with Gasteiger partial charge in [0.2, 0.25) is 5.91 Å². The molecule has 0 unspecified atom stereocenters. The van der Waals surface area contributed by atoms with Crippen molar-refractivity contribution in [2.24, 2.45) is 5.11 Å². The maximum absolute atomic E-state index is 12.6. The maximum Gasteiger partial charge on any atom is 0.222 e. The van der Waals surface area contributed by atoms with Crippen molar-refractivity contribution in [3.05, 3.63) is 82.2 Å². The largest absolute Gasteiger partial charge is 0.340 e. The van der Waals surface area contributed by atoms with Crippen molar-refractivity contribution in [3.63, 3.8) is 0 Å². The molecule has 0 saturated carbocycles. The fraction of sp³-hybridized carbons (Fsp3) is 0.458. The zero-order chi connectivity index (χ0) is 21.0. The van der Waals surface area contributed by atoms with Gasteiger partial charge in [0.1, 0.15) is 0 Å². The molecule has 30 heavy (non-hydrogen) atoms. The highest BCUT2D eigenvalue weighted by atomic mass is 16.2. The highest BCUT2D eigenvalue weighted by molar-refractivity contribution is 5.76. The maximum atomic E-state index is 12.6. The van der Waals surface area contributed by atoms with E-state index in [-0.39, 0.29) is 11.9 Å². The molecule has 2 aromatic rings. The highest BCUT2D eigenvalue weighted by Gasteiger charge is 2.27. The van der Waals surface area contributed by atoms with E-state index in [2.05, 4.69) is 75.6 Å². The predicted molar refractivity (Wildman–Crippen MR) is 120 cm³/mol. The summed E-state index contributed by atoms with van der Waals surface area (Å²) in [6.45, 7) is 3.88. The van der Waals surface area contributed by atoms with Crippen LogP contribution in [-0.4, -0.2) is 48.4 Å². The van der Waals surface area contributed by atoms with Crippen molar-refractivity contribution >= 4 is 5.91 Å². The molecule has 1 aliphatic rings. The molecular weight excluding hydrogens is 374 g/mol. The van der Waals surface area contributed by atoms with Gasteiger partial charge in [-0.25, -0.2) is 0 Å². The molecule has 1 amide bonds. The van der Waals surface area contributed by atoms with Gasteiger partial charge >= 0.3 is 0 Å². The van der Waals surface area contributed by atoms with Crippen molar-refractivity contribution in [1.29, 1.82) is 0 Å². The Labute approximate surface area is 179 Å². The van der Waals surface area contributed by atoms with Gasteiger partial charge in [-0.3, -0.25) is 9.69 Å². The molecule has 1 saturated heterocycles. The zero-order valence-electron chi connectivity index (χ0n) is 17.6. The number of hydrogen-bond acceptors (Lipinski definition) is 3. The molecule has 0 aliphatic carbocycles. The van der Waals surface area contributed by atoms with Gasteiger partial charge in [-0.2, -0.15) is 0 Å². The fourth-order valence-electron chi connectivity index (χ4n) is 4.13. The van der Waals surface area contributed by atoms with E-state index in [1.165, 1.54) is 11.1 Å². The molecule has 6 heteroatoms. The van der Waals surface area contributed by atoms with E-state index in [0.29, 0.717) is 13.0 Å². The van der Waals surface area contributed by atoms with Crippen LogP contribution in [0.15, 0.2) is 65.8 Å². The molecule has 1 heterocycles. The number of hydrogen-bond donors (Lipinski definition) is 0. The van der Waals surface area contributed by atoms with E-state index in [9.17, 15) is 4.79 Å². The number of amides is 1. The van der Waals surface area contributed by atoms with E-state index < -0.39 is 0 Å². The molecule has 0 N–H and O–H groups in total. The molecule has 2 aromatic carbocycles. The quantitative estimate of drug-likeness (QED) is 0.236. The second-order valence-corrected chi connectivity index (χ2v) is 7.76. The summed E-state index contributed by atoms with van der Waals surface area (Å²) in [6, 6.07) is 21.5. The monoisotopic (exact) mass is 405 g/mol. The van der Waals surface area contributed by atoms with Gasteiger partial charge < -0.3 is 4.90 Å². The lowest BCUT2D eigenvalue weighted by molar-refractivity contribution is -0.133. The number of unbranched alkanes of at least 4 members (excludes halogenated alkanes) is 3. The molecule has 0 spiro atoms. The number of carbonyl (C=O) groups is 1. The minimum absolute atomic E-state index is 0.223. The number of carbonyl (C=O) groups excluding carboxylic acids is 1. The van der Waals surface area contributed by atoms with Gasteiger partial charge in [0, 0.05) is 44.1 Å². The average molecular weight is 406 g/mol. The first kappa shape index (κ1) is 21.9. The van der Waals surface area contributed by atoms with Crippen LogP contribution < -0.4 is 0 Å². The highest BCUT2D eigenvalue weighted by Crippen LogP contribution is 2.29. The second kappa shape index (κ2) is 12.0. The van der Waals surface area contributed by atoms with Crippen LogP contribution in [-0.2, 0) is 4.79 Å². The third kappa shape index (κ3) is 6.34. The SMILES string of the molecule is [N-]=[N+]=NCCCCCCC(=O)N1CCN(C(c2ccccc2)c2ccccc2)CC1. The Balaban J connectivity index is 1.50. The van der Waals surface area contributed by atoms with Crippen LogP contribution in [0, 0.1) is 0 Å². The van der Waals surface area contributed by atoms with Crippen LogP contribution in [0.2, 0.25) is 0 Å². The number of nitrogens with zero attached hydrogens (tertiary/aromatic N) is 5. The normalized spacial score (nSPS) is 14.5. The Morgan fingerprint density at radius 3 is 2.00 bits per heavy atom. The van der Waals surface area contributed by atoms with Crippen LogP contribution in [0.25, 0.3) is 10.4 Å². The molecule has 0 bridgehead atoms. The first-order valence-corrected chi connectivity index (χ1v) is 10.9. The molecule has 0 radical (unpaired) electrons. The van der Waals surface area contributed by atoms with Crippen LogP contribution >= 0.6 is 0 Å². The smallest absolute Gasteiger partial charge is 0.222 e. The second-order valence-electron chi connectivity index (χ2n) is 7.76. The zero-order valence-corrected chi connectivity index (χ0v) is 17.6. The summed E-state index contributed by atoms with van der Waals surface area (Å²) in [5, 5.41) is 3.54. The van der Waals surface area contributed by atoms with Crippen LogP contribution in [0.4, 0.5) is 0 Å². The Kier molecular flexibility index (Phi) is 8.76. The summed E-state index contributed by atoms with van der Waals surface area (Å²) >= 11 is 0. The van der Waals surface area contributed by atoms with E-state index in [1.807, 2.05) is 4.90 Å². The summed E-state index contributed by atoms with van der Waals surface area (Å²) in [5.74, 6) is 0.265. The topological polar surface area (TPSA) is 72.3 Å². The Bertz CT molecular complexity index is 773. The first-order chi connectivity index (χ1) is 14.8. The Hall–Kier alpha value is -2.82. The molecule has 0 aromatic heterocycles. The minimum atomic E-state index is 0.223. The van der Waals surface area contributed by atoms with Gasteiger partial charge in [0.05, 0.1) is 6.04 Å². The average Bonchev–Trinajstić information content (AvgIpc) is 2.80. The molecular formula is C24H31N5O. The van der Waals surface area contributed by atoms with Gasteiger partial charge in [-0.1, -0.05) is 78.6 Å². The van der Waals surface area contributed by atoms with Crippen molar-refractivity contribution in [2.75, 3.05) is 32.7 Å². The molecule has 0 atom stereocenters. The number of azide groups is 1. The van der Waals surface area contributed by atoms with Gasteiger partial charge in [0.25, 0.3) is 0 Å². The summed E-state index contributed by atoms with van der Waals surface area (Å²) in [4.78, 5) is 19.9. The first-order valence-electron chi connectivity index (χ1n) is 10.9. The predicted octanol–water partition coefficient (Wildman–Crippen LogP) is 5.18. The molecule has 158 valence electrons. The number of rotatable bonds is 10. The number of benzene rings is 2. The van der Waals surface area contributed by atoms with Crippen molar-refractivity contribution in [3.8, 4) is 0 Å². The number of piperazine rings is 1. The van der Waals surface area contributed by atoms with Crippen LogP contribution in [0.3, 0.4) is 0 Å². The minimum Gasteiger partial charge on any atom is -0.340 e. The molecule has 1 aliphatic heterocycles. The van der Waals surface area contributed by atoms with Crippen molar-refractivity contribution in [1.82, 2.24) is 9.80 Å². The lowest BCUT2D eigenvalue weighted by Crippen LogP contribution is -2.49. The third-order valence-electron chi connectivity index (χ3n) is 5.72. The van der Waals surface area contributed by atoms with Crippen LogP contribution in [0.1, 0.15) is 49.3 Å². The van der Waals surface area contributed by atoms with E-state index in [4.69, 9.17) is 5.53 Å². The van der Waals surface area contributed by atoms with E-state index in [0.717, 1.165) is 51.9 Å². The molecule has 3 rings (SSSR count). The van der Waals surface area contributed by atoms with E-state index in [1.54, 1.807) is 0 Å². The Morgan fingerprint density at radius 2 is 1.43 bits per heavy atom. The summed E-state index contributed by atoms with van der Waals surface area (Å²) in [7, 11) is 0. The van der Waals surface area contributed by atoms with Gasteiger partial charge in [-0.05, 0) is 29.5 Å². The summed E-state index contributed by atoms with van der Waals surface area (Å²) in [5.41, 5.74) is 10.9. The van der Waals surface area contributed by atoms with Gasteiger partial charge in [-0.15, -0.1) is 0 Å². The standard InChI is InChI=1S/C24H31N5O/c25-27-26-16-10-2-1-9-15-23(30)28-17-19-29(20-18-28)24(21-11-5-3-6-12-21)22-13-7-4-8-14-22/h3-8,11-14,24H,1-2,9-10,15-20H2. The van der Waals surface area contributed by atoms with Crippen LogP contribution in [0.5, 0.6) is 0 Å². The van der Waals surface area contributed by atoms with Gasteiger partial charge in [0.15, 0.2) is 0 Å². The summed E-state index contributed by atoms with van der Waals surface area (Å²) < 4.78 is 0. The van der Waals surface area contributed by atoms with Crippen molar-refractivity contribution < 1.29 is 4.79 Å². The van der Waals surface area contributed by atoms with E-state index >= 15 is 0 Å². The molecule has 1 fully saturated rings. The third-order valence-corrected chi connectivity index (χ3v) is 5.72. The lowest BCUT2D eigenvalue weighted by atomic mass is 9.96.